The van der Waals surface area contributed by atoms with Crippen LogP contribution in [0.1, 0.15) is 28.2 Å². The second-order valence-electron chi connectivity index (χ2n) is 6.64. The third-order valence-electron chi connectivity index (χ3n) is 4.68. The van der Waals surface area contributed by atoms with Crippen molar-refractivity contribution in [1.82, 2.24) is 0 Å². The zero-order valence-electron chi connectivity index (χ0n) is 15.4. The van der Waals surface area contributed by atoms with Crippen LogP contribution in [-0.2, 0) is 17.1 Å². The van der Waals surface area contributed by atoms with Gasteiger partial charge in [-0.3, -0.25) is 4.79 Å². The molecule has 1 N–H and O–H groups in total. The molecule has 3 rings (SSSR count). The van der Waals surface area contributed by atoms with Crippen molar-refractivity contribution in [3.8, 4) is 11.1 Å². The van der Waals surface area contributed by atoms with Gasteiger partial charge in [0.05, 0.1) is 11.1 Å². The van der Waals surface area contributed by atoms with E-state index < -0.39 is 40.4 Å². The highest BCUT2D eigenvalue weighted by atomic mass is 35.5. The van der Waals surface area contributed by atoms with Crippen LogP contribution in [0.25, 0.3) is 11.1 Å². The first-order valence-electron chi connectivity index (χ1n) is 8.76. The number of carboxylic acids is 1. The van der Waals surface area contributed by atoms with Crippen LogP contribution in [-0.4, -0.2) is 11.1 Å². The van der Waals surface area contributed by atoms with Gasteiger partial charge in [-0.15, -0.1) is 0 Å². The van der Waals surface area contributed by atoms with Gasteiger partial charge in [0.25, 0.3) is 0 Å². The zero-order chi connectivity index (χ0) is 23.0. The maximum atomic E-state index is 13.5. The van der Waals surface area contributed by atoms with Gasteiger partial charge in [-0.2, -0.15) is 26.3 Å². The van der Waals surface area contributed by atoms with E-state index in [4.69, 9.17) is 11.6 Å². The van der Waals surface area contributed by atoms with Gasteiger partial charge in [-0.05, 0) is 40.5 Å². The van der Waals surface area contributed by atoms with Crippen molar-refractivity contribution in [2.75, 3.05) is 0 Å². The molecule has 3 aromatic carbocycles. The summed E-state index contributed by atoms with van der Waals surface area (Å²) in [6.45, 7) is 0. The van der Waals surface area contributed by atoms with Crippen molar-refractivity contribution in [2.24, 2.45) is 0 Å². The average molecular weight is 459 g/mol. The van der Waals surface area contributed by atoms with Crippen LogP contribution >= 0.6 is 11.6 Å². The van der Waals surface area contributed by atoms with E-state index in [1.54, 1.807) is 0 Å². The molecule has 162 valence electrons. The lowest BCUT2D eigenvalue weighted by atomic mass is 9.84. The smallest absolute Gasteiger partial charge is 0.417 e. The summed E-state index contributed by atoms with van der Waals surface area (Å²) in [6.07, 6.45) is -9.39. The fourth-order valence-electron chi connectivity index (χ4n) is 3.33. The van der Waals surface area contributed by atoms with E-state index in [1.807, 2.05) is 0 Å². The highest BCUT2D eigenvalue weighted by Crippen LogP contribution is 2.42. The number of halogens is 7. The minimum atomic E-state index is -4.70. The summed E-state index contributed by atoms with van der Waals surface area (Å²) in [6, 6.07) is 12.4. The first-order valence-corrected chi connectivity index (χ1v) is 9.14. The molecule has 0 aliphatic rings. The van der Waals surface area contributed by atoms with Crippen LogP contribution in [0.3, 0.4) is 0 Å². The summed E-state index contributed by atoms with van der Waals surface area (Å²) in [7, 11) is 0. The molecule has 2 nitrogen and oxygen atoms in total. The van der Waals surface area contributed by atoms with E-state index in [1.165, 1.54) is 42.5 Å². The molecule has 0 aliphatic carbocycles. The van der Waals surface area contributed by atoms with Crippen molar-refractivity contribution in [1.29, 1.82) is 0 Å². The van der Waals surface area contributed by atoms with Gasteiger partial charge in [0, 0.05) is 5.02 Å². The summed E-state index contributed by atoms with van der Waals surface area (Å²) in [5.41, 5.74) is -2.50. The number of alkyl halides is 6. The fraction of sp³-hybridized carbons (Fsp3) is 0.136. The second kappa shape index (κ2) is 8.26. The van der Waals surface area contributed by atoms with Crippen LogP contribution in [0.15, 0.2) is 66.7 Å². The van der Waals surface area contributed by atoms with Crippen LogP contribution in [0, 0.1) is 0 Å². The number of carboxylic acid groups (broad SMARTS) is 1. The summed E-state index contributed by atoms with van der Waals surface area (Å²) in [5.74, 6) is -3.06. The zero-order valence-corrected chi connectivity index (χ0v) is 16.2. The normalized spacial score (nSPS) is 13.1. The van der Waals surface area contributed by atoms with E-state index in [0.717, 1.165) is 12.1 Å². The quantitative estimate of drug-likeness (QED) is 0.418. The number of aliphatic carboxylic acids is 1. The molecule has 0 saturated carbocycles. The lowest BCUT2D eigenvalue weighted by Crippen LogP contribution is -2.16. The van der Waals surface area contributed by atoms with Gasteiger partial charge in [0.15, 0.2) is 0 Å². The Morgan fingerprint density at radius 2 is 1.35 bits per heavy atom. The Bertz CT molecular complexity index is 1120. The molecule has 0 radical (unpaired) electrons. The lowest BCUT2D eigenvalue weighted by Gasteiger charge is -2.21. The van der Waals surface area contributed by atoms with Crippen LogP contribution in [0.5, 0.6) is 0 Å². The van der Waals surface area contributed by atoms with Crippen molar-refractivity contribution < 1.29 is 36.2 Å². The standard InChI is InChI=1S/C22H13ClF6O2/c23-18-11-12(21(24,25)26)9-10-16(18)19(20(30)31)15-7-2-1-5-13(15)14-6-3-4-8-17(14)22(27,28)29/h1-11,19H,(H,30,31). The van der Waals surface area contributed by atoms with Crippen molar-refractivity contribution in [3.63, 3.8) is 0 Å². The Morgan fingerprint density at radius 3 is 1.90 bits per heavy atom. The topological polar surface area (TPSA) is 37.3 Å². The monoisotopic (exact) mass is 458 g/mol. The van der Waals surface area contributed by atoms with Crippen molar-refractivity contribution >= 4 is 17.6 Å². The number of carbonyl (C=O) groups is 1. The Balaban J connectivity index is 2.23. The molecular weight excluding hydrogens is 446 g/mol. The predicted octanol–water partition coefficient (Wildman–Crippen LogP) is 7.26. The molecule has 3 aromatic rings. The van der Waals surface area contributed by atoms with Gasteiger partial charge in [0.1, 0.15) is 5.92 Å². The molecule has 0 spiro atoms. The molecular formula is C22H13ClF6O2. The Labute approximate surface area is 177 Å². The van der Waals surface area contributed by atoms with E-state index in [-0.39, 0.29) is 22.3 Å². The number of rotatable bonds is 4. The Morgan fingerprint density at radius 1 is 0.774 bits per heavy atom. The van der Waals surface area contributed by atoms with E-state index in [0.29, 0.717) is 12.1 Å². The Kier molecular flexibility index (Phi) is 6.04. The molecule has 0 aliphatic heterocycles. The molecule has 0 bridgehead atoms. The minimum absolute atomic E-state index is 0.0150. The van der Waals surface area contributed by atoms with E-state index in [2.05, 4.69) is 0 Å². The van der Waals surface area contributed by atoms with Gasteiger partial charge in [-0.1, -0.05) is 60.1 Å². The molecule has 31 heavy (non-hydrogen) atoms. The van der Waals surface area contributed by atoms with Crippen LogP contribution in [0.2, 0.25) is 5.02 Å². The third kappa shape index (κ3) is 4.69. The number of hydrogen-bond donors (Lipinski definition) is 1. The first kappa shape index (κ1) is 22.7. The van der Waals surface area contributed by atoms with Gasteiger partial charge >= 0.3 is 18.3 Å². The molecule has 1 unspecified atom stereocenters. The van der Waals surface area contributed by atoms with Crippen molar-refractivity contribution in [2.45, 2.75) is 18.3 Å². The summed E-state index contributed by atoms with van der Waals surface area (Å²) in [5, 5.41) is 9.37. The summed E-state index contributed by atoms with van der Waals surface area (Å²) >= 11 is 5.98. The lowest BCUT2D eigenvalue weighted by molar-refractivity contribution is -0.138. The molecule has 0 aromatic heterocycles. The molecule has 0 heterocycles. The minimum Gasteiger partial charge on any atom is -0.481 e. The molecule has 0 fully saturated rings. The third-order valence-corrected chi connectivity index (χ3v) is 5.01. The van der Waals surface area contributed by atoms with Crippen molar-refractivity contribution in [3.05, 3.63) is 94.0 Å². The fourth-order valence-corrected chi connectivity index (χ4v) is 3.62. The van der Waals surface area contributed by atoms with Gasteiger partial charge in [-0.25, -0.2) is 0 Å². The van der Waals surface area contributed by atoms with E-state index >= 15 is 0 Å². The highest BCUT2D eigenvalue weighted by Gasteiger charge is 2.36. The largest absolute Gasteiger partial charge is 0.481 e. The molecule has 0 saturated heterocycles. The van der Waals surface area contributed by atoms with Gasteiger partial charge < -0.3 is 5.11 Å². The van der Waals surface area contributed by atoms with Crippen LogP contribution in [0.4, 0.5) is 26.3 Å². The Hall–Kier alpha value is -3.00. The SMILES string of the molecule is O=C(O)C(c1ccc(C(F)(F)F)cc1Cl)c1ccccc1-c1ccccc1C(F)(F)F. The highest BCUT2D eigenvalue weighted by molar-refractivity contribution is 6.31. The summed E-state index contributed by atoms with van der Waals surface area (Å²) < 4.78 is 79.4. The molecule has 9 heteroatoms. The maximum Gasteiger partial charge on any atom is 0.417 e. The maximum absolute atomic E-state index is 13.5. The first-order chi connectivity index (χ1) is 14.4. The predicted molar refractivity (Wildman–Crippen MR) is 103 cm³/mol. The number of benzene rings is 3. The van der Waals surface area contributed by atoms with Gasteiger partial charge in [0.2, 0.25) is 0 Å². The second-order valence-corrected chi connectivity index (χ2v) is 7.04. The summed E-state index contributed by atoms with van der Waals surface area (Å²) in [4.78, 5) is 12.1. The van der Waals surface area contributed by atoms with Crippen LogP contribution < -0.4 is 0 Å². The molecule has 1 atom stereocenters. The molecule has 0 amide bonds. The number of hydrogen-bond acceptors (Lipinski definition) is 1. The average Bonchev–Trinajstić information content (AvgIpc) is 2.68. The van der Waals surface area contributed by atoms with E-state index in [9.17, 15) is 36.2 Å².